The van der Waals surface area contributed by atoms with E-state index in [9.17, 15) is 5.11 Å². The normalized spacial score (nSPS) is 25.6. The molecule has 1 aromatic rings. The lowest BCUT2D eigenvalue weighted by Gasteiger charge is -2.34. The summed E-state index contributed by atoms with van der Waals surface area (Å²) in [7, 11) is 3.99. The molecular weight excluding hydrogens is 192 g/mol. The molecule has 5 heteroatoms. The second kappa shape index (κ2) is 4.28. The summed E-state index contributed by atoms with van der Waals surface area (Å²) >= 11 is 0. The third-order valence-corrected chi connectivity index (χ3v) is 3.00. The van der Waals surface area contributed by atoms with Crippen LogP contribution >= 0.6 is 0 Å². The van der Waals surface area contributed by atoms with Gasteiger partial charge in [-0.25, -0.2) is 4.98 Å². The van der Waals surface area contributed by atoms with Crippen molar-refractivity contribution in [3.63, 3.8) is 0 Å². The van der Waals surface area contributed by atoms with E-state index in [4.69, 9.17) is 0 Å². The summed E-state index contributed by atoms with van der Waals surface area (Å²) in [5, 5.41) is 13.2. The van der Waals surface area contributed by atoms with Gasteiger partial charge in [-0.15, -0.1) is 0 Å². The van der Waals surface area contributed by atoms with Crippen molar-refractivity contribution in [1.29, 1.82) is 0 Å². The molecule has 0 atom stereocenters. The SMILES string of the molecule is CN(Cc1ncnn1C)CC1CC(O)C1. The molecule has 1 heterocycles. The number of nitrogens with zero attached hydrogens (tertiary/aromatic N) is 4. The average molecular weight is 210 g/mol. The molecule has 1 aliphatic rings. The van der Waals surface area contributed by atoms with Gasteiger partial charge >= 0.3 is 0 Å². The van der Waals surface area contributed by atoms with Crippen molar-refractivity contribution in [3.8, 4) is 0 Å². The van der Waals surface area contributed by atoms with Gasteiger partial charge < -0.3 is 5.11 Å². The van der Waals surface area contributed by atoms with Crippen molar-refractivity contribution in [2.24, 2.45) is 13.0 Å². The topological polar surface area (TPSA) is 54.2 Å². The van der Waals surface area contributed by atoms with Crippen molar-refractivity contribution >= 4 is 0 Å². The molecule has 1 aromatic heterocycles. The maximum Gasteiger partial charge on any atom is 0.140 e. The number of hydrogen-bond acceptors (Lipinski definition) is 4. The fourth-order valence-corrected chi connectivity index (χ4v) is 2.06. The first-order valence-electron chi connectivity index (χ1n) is 5.34. The van der Waals surface area contributed by atoms with Gasteiger partial charge in [-0.1, -0.05) is 0 Å². The highest BCUT2D eigenvalue weighted by Crippen LogP contribution is 2.27. The van der Waals surface area contributed by atoms with Crippen molar-refractivity contribution in [3.05, 3.63) is 12.2 Å². The molecule has 0 amide bonds. The van der Waals surface area contributed by atoms with Gasteiger partial charge in [0.05, 0.1) is 12.6 Å². The van der Waals surface area contributed by atoms with E-state index in [-0.39, 0.29) is 6.10 Å². The van der Waals surface area contributed by atoms with E-state index in [1.807, 2.05) is 7.05 Å². The maximum absolute atomic E-state index is 9.19. The van der Waals surface area contributed by atoms with Gasteiger partial charge in [-0.3, -0.25) is 9.58 Å². The summed E-state index contributed by atoms with van der Waals surface area (Å²) in [5.41, 5.74) is 0. The molecule has 15 heavy (non-hydrogen) atoms. The van der Waals surface area contributed by atoms with Crippen molar-refractivity contribution in [1.82, 2.24) is 19.7 Å². The first kappa shape index (κ1) is 10.6. The molecule has 0 aromatic carbocycles. The van der Waals surface area contributed by atoms with Crippen LogP contribution in [0.15, 0.2) is 6.33 Å². The molecule has 0 bridgehead atoms. The van der Waals surface area contributed by atoms with Gasteiger partial charge in [-0.2, -0.15) is 5.10 Å². The van der Waals surface area contributed by atoms with E-state index >= 15 is 0 Å². The fraction of sp³-hybridized carbons (Fsp3) is 0.800. The smallest absolute Gasteiger partial charge is 0.140 e. The summed E-state index contributed by atoms with van der Waals surface area (Å²) < 4.78 is 1.80. The lowest BCUT2D eigenvalue weighted by atomic mass is 9.82. The summed E-state index contributed by atoms with van der Waals surface area (Å²) in [6.07, 6.45) is 3.42. The van der Waals surface area contributed by atoms with E-state index in [0.717, 1.165) is 31.8 Å². The number of rotatable bonds is 4. The van der Waals surface area contributed by atoms with Gasteiger partial charge in [0, 0.05) is 13.6 Å². The summed E-state index contributed by atoms with van der Waals surface area (Å²) in [4.78, 5) is 6.42. The van der Waals surface area contributed by atoms with Gasteiger partial charge in [0.2, 0.25) is 0 Å². The molecule has 5 nitrogen and oxygen atoms in total. The predicted octanol–water partition coefficient (Wildman–Crippen LogP) is 0.0178. The highest BCUT2D eigenvalue weighted by molar-refractivity contribution is 4.85. The zero-order valence-corrected chi connectivity index (χ0v) is 9.30. The van der Waals surface area contributed by atoms with Gasteiger partial charge in [0.15, 0.2) is 0 Å². The molecule has 0 aliphatic heterocycles. The molecular formula is C10H18N4O. The van der Waals surface area contributed by atoms with Crippen molar-refractivity contribution in [2.75, 3.05) is 13.6 Å². The third kappa shape index (κ3) is 2.54. The minimum atomic E-state index is -0.0572. The van der Waals surface area contributed by atoms with Crippen molar-refractivity contribution in [2.45, 2.75) is 25.5 Å². The summed E-state index contributed by atoms with van der Waals surface area (Å²) in [6, 6.07) is 0. The second-order valence-corrected chi connectivity index (χ2v) is 4.49. The van der Waals surface area contributed by atoms with Crippen LogP contribution in [0.4, 0.5) is 0 Å². The number of aromatic nitrogens is 3. The Hall–Kier alpha value is -0.940. The molecule has 0 spiro atoms. The zero-order chi connectivity index (χ0) is 10.8. The van der Waals surface area contributed by atoms with E-state index in [1.54, 1.807) is 11.0 Å². The highest BCUT2D eigenvalue weighted by Gasteiger charge is 2.27. The van der Waals surface area contributed by atoms with Crippen LogP contribution in [0.2, 0.25) is 0 Å². The number of aliphatic hydroxyl groups is 1. The number of hydrogen-bond donors (Lipinski definition) is 1. The van der Waals surface area contributed by atoms with Crippen LogP contribution < -0.4 is 0 Å². The highest BCUT2D eigenvalue weighted by atomic mass is 16.3. The molecule has 0 saturated heterocycles. The number of aryl methyl sites for hydroxylation is 1. The number of aliphatic hydroxyl groups excluding tert-OH is 1. The molecule has 0 radical (unpaired) electrons. The van der Waals surface area contributed by atoms with E-state index in [1.165, 1.54) is 0 Å². The van der Waals surface area contributed by atoms with E-state index < -0.39 is 0 Å². The molecule has 1 N–H and O–H groups in total. The Morgan fingerprint density at radius 2 is 2.33 bits per heavy atom. The molecule has 1 fully saturated rings. The predicted molar refractivity (Wildman–Crippen MR) is 56.1 cm³/mol. The van der Waals surface area contributed by atoms with E-state index in [0.29, 0.717) is 5.92 Å². The van der Waals surface area contributed by atoms with Gasteiger partial charge in [0.1, 0.15) is 12.2 Å². The second-order valence-electron chi connectivity index (χ2n) is 4.49. The van der Waals surface area contributed by atoms with Crippen molar-refractivity contribution < 1.29 is 5.11 Å². The van der Waals surface area contributed by atoms with Crippen LogP contribution in [0, 0.1) is 5.92 Å². The monoisotopic (exact) mass is 210 g/mol. The van der Waals surface area contributed by atoms with Crippen LogP contribution in [0.1, 0.15) is 18.7 Å². The minimum Gasteiger partial charge on any atom is -0.393 e. The molecule has 84 valence electrons. The Kier molecular flexibility index (Phi) is 3.02. The average Bonchev–Trinajstić information content (AvgIpc) is 2.49. The Morgan fingerprint density at radius 1 is 1.60 bits per heavy atom. The zero-order valence-electron chi connectivity index (χ0n) is 9.30. The third-order valence-electron chi connectivity index (χ3n) is 3.00. The lowest BCUT2D eigenvalue weighted by molar-refractivity contribution is 0.0269. The quantitative estimate of drug-likeness (QED) is 0.761. The van der Waals surface area contributed by atoms with Gasteiger partial charge in [-0.05, 0) is 25.8 Å². The first-order valence-corrected chi connectivity index (χ1v) is 5.34. The Morgan fingerprint density at radius 3 is 2.87 bits per heavy atom. The molecule has 1 aliphatic carbocycles. The van der Waals surface area contributed by atoms with Crippen LogP contribution in [0.25, 0.3) is 0 Å². The van der Waals surface area contributed by atoms with Gasteiger partial charge in [0.25, 0.3) is 0 Å². The Labute approximate surface area is 89.7 Å². The molecule has 1 saturated carbocycles. The van der Waals surface area contributed by atoms with E-state index in [2.05, 4.69) is 22.0 Å². The Balaban J connectivity index is 1.77. The summed E-state index contributed by atoms with van der Waals surface area (Å²) in [5.74, 6) is 1.63. The lowest BCUT2D eigenvalue weighted by Crippen LogP contribution is -2.37. The molecule has 0 unspecified atom stereocenters. The van der Waals surface area contributed by atoms with Crippen LogP contribution in [-0.2, 0) is 13.6 Å². The maximum atomic E-state index is 9.19. The van der Waals surface area contributed by atoms with Crippen LogP contribution in [0.5, 0.6) is 0 Å². The Bertz CT molecular complexity index is 319. The fourth-order valence-electron chi connectivity index (χ4n) is 2.06. The van der Waals surface area contributed by atoms with Crippen LogP contribution in [-0.4, -0.2) is 44.5 Å². The summed E-state index contributed by atoms with van der Waals surface area (Å²) in [6.45, 7) is 1.85. The standard InChI is InChI=1S/C10H18N4O/c1-13(5-8-3-9(15)4-8)6-10-11-7-12-14(10)2/h7-9,15H,3-6H2,1-2H3. The van der Waals surface area contributed by atoms with Crippen LogP contribution in [0.3, 0.4) is 0 Å². The molecule has 2 rings (SSSR count). The largest absolute Gasteiger partial charge is 0.393 e. The minimum absolute atomic E-state index is 0.0572. The first-order chi connectivity index (χ1) is 7.15.